The summed E-state index contributed by atoms with van der Waals surface area (Å²) in [5, 5.41) is 22.3. The van der Waals surface area contributed by atoms with Crippen LogP contribution in [0.1, 0.15) is 34.6 Å². The summed E-state index contributed by atoms with van der Waals surface area (Å²) in [6, 6.07) is 0. The first-order valence-electron chi connectivity index (χ1n) is 10.7. The molecular weight excluding hydrogens is 434 g/mol. The first-order chi connectivity index (χ1) is 14.8. The summed E-state index contributed by atoms with van der Waals surface area (Å²) in [5.41, 5.74) is -0.867. The van der Waals surface area contributed by atoms with Gasteiger partial charge in [-0.05, 0) is 20.8 Å². The lowest BCUT2D eigenvalue weighted by Crippen LogP contribution is -2.57. The third kappa shape index (κ3) is 4.24. The Morgan fingerprint density at radius 1 is 1.44 bits per heavy atom. The van der Waals surface area contributed by atoms with Crippen molar-refractivity contribution >= 4 is 31.8 Å². The van der Waals surface area contributed by atoms with E-state index in [1.165, 1.54) is 6.33 Å². The van der Waals surface area contributed by atoms with E-state index < -0.39 is 50.2 Å². The Hall–Kier alpha value is -2.12. The number of anilines is 1. The molecule has 1 aliphatic rings. The van der Waals surface area contributed by atoms with E-state index in [0.29, 0.717) is 0 Å². The van der Waals surface area contributed by atoms with Gasteiger partial charge in [0.15, 0.2) is 16.5 Å². The van der Waals surface area contributed by atoms with Crippen LogP contribution in [-0.2, 0) is 19.6 Å². The fourth-order valence-electron chi connectivity index (χ4n) is 3.92. The lowest BCUT2D eigenvalue weighted by molar-refractivity contribution is -0.152. The van der Waals surface area contributed by atoms with Crippen LogP contribution < -0.4 is 10.9 Å². The van der Waals surface area contributed by atoms with E-state index in [-0.39, 0.29) is 28.9 Å². The molecule has 0 saturated carbocycles. The quantitative estimate of drug-likeness (QED) is 0.444. The first kappa shape index (κ1) is 24.5. The monoisotopic (exact) mass is 467 g/mol. The maximum Gasteiger partial charge on any atom is 0.280 e. The standard InChI is InChI=1S/C20H33N5O6Si/c1-10(2)16(28)23-18-22-15-12(17(29)24-18)21-9-25(15)20(32(6)7)14(31-19(3,4)5)13(27)11(8-26)30-20/h9-11,13-14,26-27,32H,8H2,1-7H3,(H2,22,23,24,28,29)/t11-,13-,14-,20+/m1/s1. The molecule has 1 aliphatic heterocycles. The molecule has 4 N–H and O–H groups in total. The van der Waals surface area contributed by atoms with Crippen LogP contribution in [-0.4, -0.2) is 75.0 Å². The summed E-state index contributed by atoms with van der Waals surface area (Å²) in [5.74, 6) is -0.610. The fourth-order valence-corrected chi connectivity index (χ4v) is 6.04. The number of hydrogen-bond acceptors (Lipinski definition) is 8. The molecule has 0 spiro atoms. The maximum atomic E-state index is 12.7. The second-order valence-electron chi connectivity index (χ2n) is 9.73. The summed E-state index contributed by atoms with van der Waals surface area (Å²) in [6.45, 7) is 12.7. The molecule has 2 aromatic rings. The van der Waals surface area contributed by atoms with E-state index in [2.05, 4.69) is 20.3 Å². The molecule has 178 valence electrons. The fraction of sp³-hybridized carbons (Fsp3) is 0.700. The minimum Gasteiger partial charge on any atom is -0.394 e. The number of ether oxygens (including phenoxy) is 2. The molecule has 0 aliphatic carbocycles. The van der Waals surface area contributed by atoms with E-state index >= 15 is 0 Å². The summed E-state index contributed by atoms with van der Waals surface area (Å²) in [4.78, 5) is 36.1. The van der Waals surface area contributed by atoms with Gasteiger partial charge in [-0.25, -0.2) is 4.98 Å². The van der Waals surface area contributed by atoms with Crippen molar-refractivity contribution in [3.8, 4) is 0 Å². The Morgan fingerprint density at radius 3 is 2.62 bits per heavy atom. The zero-order valence-corrected chi connectivity index (χ0v) is 20.7. The van der Waals surface area contributed by atoms with Gasteiger partial charge < -0.3 is 19.7 Å². The van der Waals surface area contributed by atoms with Gasteiger partial charge >= 0.3 is 0 Å². The van der Waals surface area contributed by atoms with E-state index in [1.807, 2.05) is 33.9 Å². The van der Waals surface area contributed by atoms with Gasteiger partial charge in [-0.3, -0.25) is 24.5 Å². The predicted octanol–water partition coefficient (Wildman–Crippen LogP) is 0.329. The molecule has 11 nitrogen and oxygen atoms in total. The summed E-state index contributed by atoms with van der Waals surface area (Å²) in [6.07, 6.45) is -1.37. The van der Waals surface area contributed by atoms with Crippen LogP contribution in [0.4, 0.5) is 5.95 Å². The smallest absolute Gasteiger partial charge is 0.280 e. The third-order valence-corrected chi connectivity index (χ3v) is 7.87. The van der Waals surface area contributed by atoms with Gasteiger partial charge in [0, 0.05) is 5.92 Å². The molecule has 0 radical (unpaired) electrons. The largest absolute Gasteiger partial charge is 0.394 e. The van der Waals surface area contributed by atoms with Crippen LogP contribution in [0.25, 0.3) is 11.2 Å². The normalized spacial score (nSPS) is 26.4. The number of nitrogens with zero attached hydrogens (tertiary/aromatic N) is 3. The highest BCUT2D eigenvalue weighted by Crippen LogP contribution is 2.42. The molecule has 1 saturated heterocycles. The number of nitrogens with one attached hydrogen (secondary N) is 2. The number of imidazole rings is 1. The summed E-state index contributed by atoms with van der Waals surface area (Å²) >= 11 is 0. The van der Waals surface area contributed by atoms with E-state index in [1.54, 1.807) is 18.4 Å². The highest BCUT2D eigenvalue weighted by atomic mass is 28.3. The molecule has 0 bridgehead atoms. The van der Waals surface area contributed by atoms with Gasteiger partial charge in [-0.15, -0.1) is 0 Å². The molecule has 3 rings (SSSR count). The number of aliphatic hydroxyl groups is 2. The molecule has 4 atom stereocenters. The van der Waals surface area contributed by atoms with Crippen molar-refractivity contribution in [3.05, 3.63) is 16.7 Å². The van der Waals surface area contributed by atoms with Crippen LogP contribution in [0.3, 0.4) is 0 Å². The van der Waals surface area contributed by atoms with Crippen LogP contribution in [0.5, 0.6) is 0 Å². The molecule has 32 heavy (non-hydrogen) atoms. The predicted molar refractivity (Wildman–Crippen MR) is 121 cm³/mol. The van der Waals surface area contributed by atoms with E-state index in [4.69, 9.17) is 9.47 Å². The van der Waals surface area contributed by atoms with Crippen molar-refractivity contribution in [2.75, 3.05) is 11.9 Å². The Labute approximate surface area is 187 Å². The van der Waals surface area contributed by atoms with Gasteiger partial charge in [-0.2, -0.15) is 4.98 Å². The second-order valence-corrected chi connectivity index (χ2v) is 12.9. The van der Waals surface area contributed by atoms with Crippen LogP contribution in [0.2, 0.25) is 13.1 Å². The average Bonchev–Trinajstić information content (AvgIpc) is 3.21. The Kier molecular flexibility index (Phi) is 6.64. The van der Waals surface area contributed by atoms with Gasteiger partial charge in [0.25, 0.3) is 5.56 Å². The Bertz CT molecular complexity index is 1050. The molecule has 2 aromatic heterocycles. The van der Waals surface area contributed by atoms with Crippen molar-refractivity contribution < 1.29 is 24.5 Å². The number of H-pyrrole nitrogens is 1. The highest BCUT2D eigenvalue weighted by Gasteiger charge is 2.60. The number of aromatic nitrogens is 4. The van der Waals surface area contributed by atoms with Crippen molar-refractivity contribution in [2.24, 2.45) is 5.92 Å². The zero-order valence-electron chi connectivity index (χ0n) is 19.5. The van der Waals surface area contributed by atoms with Gasteiger partial charge in [-0.1, -0.05) is 26.9 Å². The highest BCUT2D eigenvalue weighted by molar-refractivity contribution is 6.58. The van der Waals surface area contributed by atoms with Gasteiger partial charge in [0.05, 0.1) is 27.3 Å². The third-order valence-electron chi connectivity index (χ3n) is 5.48. The molecule has 1 amide bonds. The Balaban J connectivity index is 2.22. The summed E-state index contributed by atoms with van der Waals surface area (Å²) < 4.78 is 14.2. The lowest BCUT2D eigenvalue weighted by atomic mass is 10.1. The second kappa shape index (κ2) is 8.67. The van der Waals surface area contributed by atoms with Gasteiger partial charge in [0.2, 0.25) is 11.9 Å². The number of carbonyl (C=O) groups is 1. The molecule has 12 heteroatoms. The van der Waals surface area contributed by atoms with Gasteiger partial charge in [0.1, 0.15) is 18.3 Å². The number of carbonyl (C=O) groups excluding carboxylic acids is 1. The molecule has 0 unspecified atom stereocenters. The number of rotatable bonds is 6. The van der Waals surface area contributed by atoms with Crippen LogP contribution in [0, 0.1) is 5.92 Å². The average molecular weight is 468 g/mol. The number of aliphatic hydroxyl groups excluding tert-OH is 2. The molecule has 3 heterocycles. The first-order valence-corrected chi connectivity index (χ1v) is 13.6. The van der Waals surface area contributed by atoms with E-state index in [0.717, 1.165) is 0 Å². The molecule has 0 aromatic carbocycles. The molecular formula is C20H33N5O6Si. The topological polar surface area (TPSA) is 152 Å². The number of fused-ring (bicyclic) bond motifs is 1. The summed E-state index contributed by atoms with van der Waals surface area (Å²) in [7, 11) is -1.91. The SMILES string of the molecule is CC(C)C(=O)Nc1nc2c(ncn2[C@]2([SiH](C)C)O[C@H](CO)[C@@H](O)[C@H]2OC(C)(C)C)c(=O)[nH]1. The van der Waals surface area contributed by atoms with Crippen molar-refractivity contribution in [1.29, 1.82) is 0 Å². The van der Waals surface area contributed by atoms with Crippen LogP contribution in [0.15, 0.2) is 11.1 Å². The number of hydrogen-bond donors (Lipinski definition) is 4. The van der Waals surface area contributed by atoms with Crippen molar-refractivity contribution in [1.82, 2.24) is 19.5 Å². The number of aromatic amines is 1. The Morgan fingerprint density at radius 2 is 2.09 bits per heavy atom. The zero-order chi connectivity index (χ0) is 24.0. The number of amides is 1. The lowest BCUT2D eigenvalue weighted by Gasteiger charge is -2.41. The van der Waals surface area contributed by atoms with Crippen LogP contribution >= 0.6 is 0 Å². The minimum atomic E-state index is -1.91. The minimum absolute atomic E-state index is 0.00549. The molecule has 1 fully saturated rings. The van der Waals surface area contributed by atoms with Crippen molar-refractivity contribution in [3.63, 3.8) is 0 Å². The van der Waals surface area contributed by atoms with E-state index in [9.17, 15) is 19.8 Å². The maximum absolute atomic E-state index is 12.7. The van der Waals surface area contributed by atoms with Crippen molar-refractivity contribution in [2.45, 2.75) is 77.0 Å².